The summed E-state index contributed by atoms with van der Waals surface area (Å²) in [5.74, 6) is 0.221. The molecule has 0 aliphatic rings. The van der Waals surface area contributed by atoms with Crippen molar-refractivity contribution < 1.29 is 14.3 Å². The van der Waals surface area contributed by atoms with E-state index in [1.165, 1.54) is 11.0 Å². The Morgan fingerprint density at radius 3 is 2.82 bits per heavy atom. The molecule has 0 radical (unpaired) electrons. The van der Waals surface area contributed by atoms with Gasteiger partial charge in [0.1, 0.15) is 12.4 Å². The molecular weight excluding hydrogens is 288 g/mol. The molecule has 9 nitrogen and oxygen atoms in total. The fraction of sp³-hybridized carbons (Fsp3) is 0.462. The Hall–Kier alpha value is -2.39. The first-order chi connectivity index (χ1) is 10.7. The van der Waals surface area contributed by atoms with Gasteiger partial charge in [-0.25, -0.2) is 9.97 Å². The van der Waals surface area contributed by atoms with Crippen molar-refractivity contribution in [2.45, 2.75) is 20.0 Å². The number of carbonyl (C=O) groups excluding carboxylic acids is 1. The number of carbonyl (C=O) groups is 1. The molecule has 0 spiro atoms. The minimum absolute atomic E-state index is 0.233. The third-order valence-electron chi connectivity index (χ3n) is 2.69. The normalized spacial score (nSPS) is 12.1. The Kier molecular flexibility index (Phi) is 5.92. The Labute approximate surface area is 127 Å². The van der Waals surface area contributed by atoms with E-state index in [0.717, 1.165) is 0 Å². The maximum absolute atomic E-state index is 12.1. The van der Waals surface area contributed by atoms with Crippen LogP contribution < -0.4 is 5.32 Å². The van der Waals surface area contributed by atoms with Crippen molar-refractivity contribution in [2.75, 3.05) is 25.1 Å². The Morgan fingerprint density at radius 1 is 1.32 bits per heavy atom. The molecule has 2 aromatic rings. The topological polar surface area (TPSA) is 104 Å². The SMILES string of the molecule is CCOCCOC(C)C(=O)Nc1ncnn1-c1ncccn1. The van der Waals surface area contributed by atoms with Crippen molar-refractivity contribution in [3.63, 3.8) is 0 Å². The number of nitrogens with zero attached hydrogens (tertiary/aromatic N) is 5. The predicted octanol–water partition coefficient (Wildman–Crippen LogP) is 0.437. The van der Waals surface area contributed by atoms with Gasteiger partial charge in [0.15, 0.2) is 0 Å². The number of aromatic nitrogens is 5. The number of rotatable bonds is 8. The van der Waals surface area contributed by atoms with E-state index < -0.39 is 6.10 Å². The molecule has 0 saturated carbocycles. The lowest BCUT2D eigenvalue weighted by atomic mass is 10.4. The lowest BCUT2D eigenvalue weighted by Crippen LogP contribution is -2.30. The molecule has 0 saturated heterocycles. The maximum atomic E-state index is 12.1. The molecule has 118 valence electrons. The molecule has 0 aromatic carbocycles. The summed E-state index contributed by atoms with van der Waals surface area (Å²) in [5.41, 5.74) is 0. The van der Waals surface area contributed by atoms with Crippen LogP contribution in [0, 0.1) is 0 Å². The van der Waals surface area contributed by atoms with Crippen molar-refractivity contribution >= 4 is 11.9 Å². The van der Waals surface area contributed by atoms with Crippen LogP contribution in [0.5, 0.6) is 0 Å². The highest BCUT2D eigenvalue weighted by Gasteiger charge is 2.17. The highest BCUT2D eigenvalue weighted by molar-refractivity contribution is 5.92. The second-order valence-electron chi connectivity index (χ2n) is 4.24. The average Bonchev–Trinajstić information content (AvgIpc) is 3.00. The summed E-state index contributed by atoms with van der Waals surface area (Å²) in [7, 11) is 0. The average molecular weight is 306 g/mol. The number of hydrogen-bond acceptors (Lipinski definition) is 7. The van der Waals surface area contributed by atoms with E-state index in [2.05, 4.69) is 25.4 Å². The first-order valence-electron chi connectivity index (χ1n) is 6.90. The van der Waals surface area contributed by atoms with Gasteiger partial charge in [0.25, 0.3) is 11.9 Å². The minimum atomic E-state index is -0.637. The largest absolute Gasteiger partial charge is 0.379 e. The van der Waals surface area contributed by atoms with E-state index in [-0.39, 0.29) is 11.9 Å². The fourth-order valence-electron chi connectivity index (χ4n) is 1.59. The summed E-state index contributed by atoms with van der Waals surface area (Å²) in [4.78, 5) is 24.2. The van der Waals surface area contributed by atoms with Gasteiger partial charge in [-0.15, -0.1) is 0 Å². The zero-order chi connectivity index (χ0) is 15.8. The number of hydrogen-bond donors (Lipinski definition) is 1. The Bertz CT molecular complexity index is 588. The first-order valence-corrected chi connectivity index (χ1v) is 6.90. The van der Waals surface area contributed by atoms with E-state index in [9.17, 15) is 4.79 Å². The van der Waals surface area contributed by atoms with Crippen molar-refractivity contribution in [3.8, 4) is 5.95 Å². The third kappa shape index (κ3) is 4.30. The van der Waals surface area contributed by atoms with Gasteiger partial charge in [-0.3, -0.25) is 10.1 Å². The molecule has 0 aliphatic heterocycles. The summed E-state index contributed by atoms with van der Waals surface area (Å²) in [5, 5.41) is 6.62. The lowest BCUT2D eigenvalue weighted by Gasteiger charge is -2.13. The fourth-order valence-corrected chi connectivity index (χ4v) is 1.59. The van der Waals surface area contributed by atoms with Crippen LogP contribution in [0.3, 0.4) is 0 Å². The second kappa shape index (κ2) is 8.15. The van der Waals surface area contributed by atoms with Crippen molar-refractivity contribution in [1.29, 1.82) is 0 Å². The summed E-state index contributed by atoms with van der Waals surface area (Å²) >= 11 is 0. The predicted molar refractivity (Wildman–Crippen MR) is 77.5 cm³/mol. The molecule has 1 atom stereocenters. The van der Waals surface area contributed by atoms with Crippen LogP contribution in [0.4, 0.5) is 5.95 Å². The molecule has 2 rings (SSSR count). The van der Waals surface area contributed by atoms with Crippen LogP contribution in [0.25, 0.3) is 5.95 Å². The number of ether oxygens (including phenoxy) is 2. The smallest absolute Gasteiger partial charge is 0.255 e. The summed E-state index contributed by atoms with van der Waals surface area (Å²) in [6, 6.07) is 1.69. The molecule has 22 heavy (non-hydrogen) atoms. The van der Waals surface area contributed by atoms with Crippen LogP contribution in [0.15, 0.2) is 24.8 Å². The molecule has 1 amide bonds. The zero-order valence-corrected chi connectivity index (χ0v) is 12.5. The zero-order valence-electron chi connectivity index (χ0n) is 12.5. The molecule has 2 heterocycles. The van der Waals surface area contributed by atoms with Gasteiger partial charge >= 0.3 is 0 Å². The van der Waals surface area contributed by atoms with Crippen LogP contribution in [-0.2, 0) is 14.3 Å². The van der Waals surface area contributed by atoms with Crippen LogP contribution >= 0.6 is 0 Å². The highest BCUT2D eigenvalue weighted by atomic mass is 16.5. The number of anilines is 1. The lowest BCUT2D eigenvalue weighted by molar-refractivity contribution is -0.127. The van der Waals surface area contributed by atoms with Crippen LogP contribution in [0.2, 0.25) is 0 Å². The van der Waals surface area contributed by atoms with Crippen molar-refractivity contribution in [1.82, 2.24) is 24.7 Å². The first kappa shape index (κ1) is 16.0. The van der Waals surface area contributed by atoms with Crippen LogP contribution in [-0.4, -0.2) is 56.6 Å². The molecule has 2 aromatic heterocycles. The van der Waals surface area contributed by atoms with Crippen molar-refractivity contribution in [2.24, 2.45) is 0 Å². The van der Waals surface area contributed by atoms with Gasteiger partial charge < -0.3 is 9.47 Å². The van der Waals surface area contributed by atoms with Gasteiger partial charge in [-0.05, 0) is 19.9 Å². The summed E-state index contributed by atoms with van der Waals surface area (Å²) < 4.78 is 11.9. The van der Waals surface area contributed by atoms with E-state index >= 15 is 0 Å². The second-order valence-corrected chi connectivity index (χ2v) is 4.24. The van der Waals surface area contributed by atoms with E-state index in [1.54, 1.807) is 25.4 Å². The quantitative estimate of drug-likeness (QED) is 0.705. The molecular formula is C13H18N6O3. The number of amides is 1. The molecule has 0 bridgehead atoms. The van der Waals surface area contributed by atoms with Gasteiger partial charge in [0, 0.05) is 19.0 Å². The van der Waals surface area contributed by atoms with Gasteiger partial charge in [0.2, 0.25) is 5.95 Å². The van der Waals surface area contributed by atoms with Crippen molar-refractivity contribution in [3.05, 3.63) is 24.8 Å². The standard InChI is InChI=1S/C13H18N6O3/c1-3-21-7-8-22-10(2)11(20)18-13-16-9-17-19(13)12-14-5-4-6-15-12/h4-6,9-10H,3,7-8H2,1-2H3,(H,16,17,18,20). The Morgan fingerprint density at radius 2 is 2.09 bits per heavy atom. The molecule has 9 heteroatoms. The summed E-state index contributed by atoms with van der Waals surface area (Å²) in [6.07, 6.45) is 3.83. The molecule has 0 aliphatic carbocycles. The van der Waals surface area contributed by atoms with E-state index in [1.807, 2.05) is 6.92 Å². The molecule has 1 N–H and O–H groups in total. The Balaban J connectivity index is 1.94. The van der Waals surface area contributed by atoms with Gasteiger partial charge in [0.05, 0.1) is 13.2 Å². The number of nitrogens with one attached hydrogen (secondary N) is 1. The monoisotopic (exact) mass is 306 g/mol. The molecule has 1 unspecified atom stereocenters. The van der Waals surface area contributed by atoms with E-state index in [0.29, 0.717) is 25.8 Å². The van der Waals surface area contributed by atoms with Gasteiger partial charge in [-0.2, -0.15) is 14.8 Å². The molecule has 0 fully saturated rings. The highest BCUT2D eigenvalue weighted by Crippen LogP contribution is 2.07. The minimum Gasteiger partial charge on any atom is -0.379 e. The maximum Gasteiger partial charge on any atom is 0.255 e. The summed E-state index contributed by atoms with van der Waals surface area (Å²) in [6.45, 7) is 4.96. The van der Waals surface area contributed by atoms with E-state index in [4.69, 9.17) is 9.47 Å². The van der Waals surface area contributed by atoms with Crippen LogP contribution in [0.1, 0.15) is 13.8 Å². The third-order valence-corrected chi connectivity index (χ3v) is 2.69. The van der Waals surface area contributed by atoms with Gasteiger partial charge in [-0.1, -0.05) is 0 Å².